The fraction of sp³-hybridized carbons (Fsp3) is 0.111. The second-order valence-electron chi connectivity index (χ2n) is 6.83. The minimum atomic E-state index is 0.639. The van der Waals surface area contributed by atoms with Crippen molar-refractivity contribution in [2.75, 3.05) is 13.7 Å². The molecule has 0 aliphatic carbocycles. The van der Waals surface area contributed by atoms with Crippen molar-refractivity contribution in [2.45, 2.75) is 6.92 Å². The van der Waals surface area contributed by atoms with Crippen molar-refractivity contribution in [3.8, 4) is 46.0 Å². The van der Waals surface area contributed by atoms with Crippen molar-refractivity contribution >= 4 is 0 Å². The van der Waals surface area contributed by atoms with Gasteiger partial charge in [-0.25, -0.2) is 0 Å². The summed E-state index contributed by atoms with van der Waals surface area (Å²) in [5.74, 6) is 5.98. The van der Waals surface area contributed by atoms with Crippen molar-refractivity contribution in [1.82, 2.24) is 0 Å². The van der Waals surface area contributed by atoms with Crippen LogP contribution in [-0.4, -0.2) is 13.7 Å². The van der Waals surface area contributed by atoms with Crippen molar-refractivity contribution < 1.29 is 23.7 Å². The molecular weight excluding hydrogens is 404 g/mol. The zero-order chi connectivity index (χ0) is 22.2. The van der Waals surface area contributed by atoms with Gasteiger partial charge in [-0.05, 0) is 104 Å². The summed E-state index contributed by atoms with van der Waals surface area (Å²) in [4.78, 5) is 0. The summed E-state index contributed by atoms with van der Waals surface area (Å²) in [6.45, 7) is 2.60. The molecule has 0 atom stereocenters. The number of ether oxygens (including phenoxy) is 5. The van der Waals surface area contributed by atoms with E-state index in [-0.39, 0.29) is 0 Å². The van der Waals surface area contributed by atoms with Gasteiger partial charge in [-0.2, -0.15) is 0 Å². The van der Waals surface area contributed by atoms with E-state index in [2.05, 4.69) is 0 Å². The summed E-state index contributed by atoms with van der Waals surface area (Å²) in [7, 11) is 1.64. The molecule has 0 fully saturated rings. The van der Waals surface area contributed by atoms with Crippen LogP contribution in [0.3, 0.4) is 0 Å². The van der Waals surface area contributed by atoms with Crippen molar-refractivity contribution in [3.63, 3.8) is 0 Å². The maximum atomic E-state index is 5.92. The number of methoxy groups -OCH3 is 1. The van der Waals surface area contributed by atoms with Gasteiger partial charge in [0.1, 0.15) is 46.0 Å². The van der Waals surface area contributed by atoms with Crippen LogP contribution >= 0.6 is 0 Å². The second kappa shape index (κ2) is 10.3. The summed E-state index contributed by atoms with van der Waals surface area (Å²) in [6, 6.07) is 29.9. The molecule has 5 nitrogen and oxygen atoms in total. The lowest BCUT2D eigenvalue weighted by atomic mass is 10.3. The van der Waals surface area contributed by atoms with Crippen LogP contribution in [0.15, 0.2) is 97.1 Å². The average molecular weight is 428 g/mol. The highest BCUT2D eigenvalue weighted by Gasteiger charge is 2.03. The summed E-state index contributed by atoms with van der Waals surface area (Å²) in [5, 5.41) is 0. The molecule has 4 aromatic rings. The Morgan fingerprint density at radius 1 is 0.406 bits per heavy atom. The van der Waals surface area contributed by atoms with Crippen LogP contribution < -0.4 is 23.7 Å². The van der Waals surface area contributed by atoms with Crippen LogP contribution in [0, 0.1) is 0 Å². The molecule has 162 valence electrons. The molecule has 0 unspecified atom stereocenters. The molecule has 0 saturated carbocycles. The zero-order valence-electron chi connectivity index (χ0n) is 18.0. The largest absolute Gasteiger partial charge is 0.497 e. The predicted molar refractivity (Wildman–Crippen MR) is 124 cm³/mol. The summed E-state index contributed by atoms with van der Waals surface area (Å²) >= 11 is 0. The highest BCUT2D eigenvalue weighted by atomic mass is 16.5. The van der Waals surface area contributed by atoms with Gasteiger partial charge in [0.05, 0.1) is 13.7 Å². The van der Waals surface area contributed by atoms with Gasteiger partial charge in [0.2, 0.25) is 0 Å². The number of benzene rings is 4. The Bertz CT molecular complexity index is 1100. The Morgan fingerprint density at radius 2 is 0.656 bits per heavy atom. The molecule has 0 aromatic heterocycles. The first-order valence-electron chi connectivity index (χ1n) is 10.3. The monoisotopic (exact) mass is 428 g/mol. The Labute approximate surface area is 187 Å². The van der Waals surface area contributed by atoms with Crippen molar-refractivity contribution in [3.05, 3.63) is 97.1 Å². The third-order valence-electron chi connectivity index (χ3n) is 4.55. The standard InChI is InChI=1S/C27H24O5/c1-3-29-21-6-10-23(11-7-21)31-25-14-18-27(19-15-25)32-26-16-12-24(13-17-26)30-22-8-4-20(28-2)5-9-22/h4-19H,3H2,1-2H3. The Balaban J connectivity index is 1.32. The SMILES string of the molecule is CCOc1ccc(Oc2ccc(Oc3ccc(Oc4ccc(OC)cc4)cc3)cc2)cc1. The van der Waals surface area contributed by atoms with Gasteiger partial charge in [-0.1, -0.05) is 0 Å². The van der Waals surface area contributed by atoms with E-state index >= 15 is 0 Å². The third kappa shape index (κ3) is 5.73. The summed E-state index contributed by atoms with van der Waals surface area (Å²) in [5.41, 5.74) is 0. The molecule has 0 saturated heterocycles. The molecule has 0 radical (unpaired) electrons. The quantitative estimate of drug-likeness (QED) is 0.277. The molecule has 4 rings (SSSR count). The zero-order valence-corrected chi connectivity index (χ0v) is 18.0. The Morgan fingerprint density at radius 3 is 0.906 bits per heavy atom. The van der Waals surface area contributed by atoms with Crippen molar-refractivity contribution in [2.24, 2.45) is 0 Å². The number of hydrogen-bond acceptors (Lipinski definition) is 5. The van der Waals surface area contributed by atoms with Gasteiger partial charge in [-0.3, -0.25) is 0 Å². The van der Waals surface area contributed by atoms with E-state index in [4.69, 9.17) is 23.7 Å². The van der Waals surface area contributed by atoms with Crippen LogP contribution in [0.2, 0.25) is 0 Å². The molecule has 4 aromatic carbocycles. The van der Waals surface area contributed by atoms with Gasteiger partial charge in [0.25, 0.3) is 0 Å². The Kier molecular flexibility index (Phi) is 6.78. The summed E-state index contributed by atoms with van der Waals surface area (Å²) < 4.78 is 28.2. The first-order chi connectivity index (χ1) is 15.7. The van der Waals surface area contributed by atoms with Gasteiger partial charge in [-0.15, -0.1) is 0 Å². The van der Waals surface area contributed by atoms with Gasteiger partial charge < -0.3 is 23.7 Å². The fourth-order valence-electron chi connectivity index (χ4n) is 2.97. The molecule has 0 amide bonds. The van der Waals surface area contributed by atoms with Gasteiger partial charge >= 0.3 is 0 Å². The van der Waals surface area contributed by atoms with E-state index in [1.54, 1.807) is 7.11 Å². The molecule has 0 aliphatic heterocycles. The van der Waals surface area contributed by atoms with Crippen LogP contribution in [0.1, 0.15) is 6.92 Å². The molecule has 0 spiro atoms. The first kappa shape index (κ1) is 21.1. The van der Waals surface area contributed by atoms with Crippen LogP contribution in [0.4, 0.5) is 0 Å². The second-order valence-corrected chi connectivity index (χ2v) is 6.83. The predicted octanol–water partition coefficient (Wildman–Crippen LogP) is 7.47. The lowest BCUT2D eigenvalue weighted by Crippen LogP contribution is -1.91. The van der Waals surface area contributed by atoms with E-state index < -0.39 is 0 Å². The number of rotatable bonds is 9. The van der Waals surface area contributed by atoms with Crippen LogP contribution in [0.25, 0.3) is 0 Å². The van der Waals surface area contributed by atoms with E-state index in [1.807, 2.05) is 104 Å². The van der Waals surface area contributed by atoms with Gasteiger partial charge in [0, 0.05) is 0 Å². The lowest BCUT2D eigenvalue weighted by Gasteiger charge is -2.10. The molecule has 0 heterocycles. The molecule has 5 heteroatoms. The van der Waals surface area contributed by atoms with E-state index in [0.717, 1.165) is 34.5 Å². The topological polar surface area (TPSA) is 46.2 Å². The molecule has 0 N–H and O–H groups in total. The van der Waals surface area contributed by atoms with E-state index in [0.29, 0.717) is 18.1 Å². The summed E-state index contributed by atoms with van der Waals surface area (Å²) in [6.07, 6.45) is 0. The maximum Gasteiger partial charge on any atom is 0.127 e. The lowest BCUT2D eigenvalue weighted by molar-refractivity contribution is 0.339. The fourth-order valence-corrected chi connectivity index (χ4v) is 2.97. The Hall–Kier alpha value is -4.12. The van der Waals surface area contributed by atoms with Crippen LogP contribution in [-0.2, 0) is 0 Å². The highest BCUT2D eigenvalue weighted by molar-refractivity contribution is 5.41. The number of hydrogen-bond donors (Lipinski definition) is 0. The minimum Gasteiger partial charge on any atom is -0.497 e. The van der Waals surface area contributed by atoms with E-state index in [1.165, 1.54) is 0 Å². The van der Waals surface area contributed by atoms with Crippen LogP contribution in [0.5, 0.6) is 46.0 Å². The van der Waals surface area contributed by atoms with E-state index in [9.17, 15) is 0 Å². The molecular formula is C27H24O5. The van der Waals surface area contributed by atoms with Crippen molar-refractivity contribution in [1.29, 1.82) is 0 Å². The van der Waals surface area contributed by atoms with Gasteiger partial charge in [0.15, 0.2) is 0 Å². The minimum absolute atomic E-state index is 0.639. The highest BCUT2D eigenvalue weighted by Crippen LogP contribution is 2.30. The smallest absolute Gasteiger partial charge is 0.127 e. The normalized spacial score (nSPS) is 10.3. The third-order valence-corrected chi connectivity index (χ3v) is 4.55. The first-order valence-corrected chi connectivity index (χ1v) is 10.3. The molecule has 0 aliphatic rings. The maximum absolute atomic E-state index is 5.92. The molecule has 0 bridgehead atoms. The molecule has 32 heavy (non-hydrogen) atoms. The average Bonchev–Trinajstić information content (AvgIpc) is 2.83.